The van der Waals surface area contributed by atoms with Gasteiger partial charge in [0.1, 0.15) is 11.3 Å². The average Bonchev–Trinajstić information content (AvgIpc) is 2.54. The van der Waals surface area contributed by atoms with Crippen molar-refractivity contribution in [3.05, 3.63) is 29.3 Å². The first-order chi connectivity index (χ1) is 10.2. The number of esters is 1. The van der Waals surface area contributed by atoms with Crippen LogP contribution in [0.1, 0.15) is 36.8 Å². The summed E-state index contributed by atoms with van der Waals surface area (Å²) in [7, 11) is 1.49. The summed E-state index contributed by atoms with van der Waals surface area (Å²) >= 11 is 0. The number of benzene rings is 1. The van der Waals surface area contributed by atoms with E-state index >= 15 is 0 Å². The van der Waals surface area contributed by atoms with Gasteiger partial charge < -0.3 is 9.84 Å². The number of piperidine rings is 1. The standard InChI is InChI=1S/C17H23NO3/c1-21-16(20)17(18-9-3-2-4-10-18)8-7-13-11-15(19)6-5-14(13)12-17/h5-6,11,19H,2-4,7-10,12H2,1H3. The van der Waals surface area contributed by atoms with Crippen LogP contribution in [0, 0.1) is 0 Å². The maximum absolute atomic E-state index is 12.6. The number of methoxy groups -OCH3 is 1. The highest BCUT2D eigenvalue weighted by molar-refractivity contribution is 5.82. The number of likely N-dealkylation sites (tertiary alicyclic amines) is 1. The molecule has 1 atom stereocenters. The van der Waals surface area contributed by atoms with E-state index in [2.05, 4.69) is 4.90 Å². The number of ether oxygens (including phenoxy) is 1. The SMILES string of the molecule is COC(=O)C1(N2CCCCC2)CCc2cc(O)ccc2C1. The third-order valence-corrected chi connectivity index (χ3v) is 5.01. The van der Waals surface area contributed by atoms with Crippen molar-refractivity contribution in [1.82, 2.24) is 4.90 Å². The molecule has 1 aliphatic heterocycles. The molecule has 4 heteroatoms. The van der Waals surface area contributed by atoms with Crippen LogP contribution < -0.4 is 0 Å². The van der Waals surface area contributed by atoms with Crippen LogP contribution in [0.2, 0.25) is 0 Å². The fourth-order valence-corrected chi connectivity index (χ4v) is 3.85. The fourth-order valence-electron chi connectivity index (χ4n) is 3.85. The first-order valence-electron chi connectivity index (χ1n) is 7.80. The second-order valence-electron chi connectivity index (χ2n) is 6.20. The molecule has 3 rings (SSSR count). The molecule has 1 N–H and O–H groups in total. The van der Waals surface area contributed by atoms with Crippen molar-refractivity contribution < 1.29 is 14.6 Å². The zero-order valence-electron chi connectivity index (χ0n) is 12.6. The maximum Gasteiger partial charge on any atom is 0.326 e. The molecule has 0 amide bonds. The molecule has 0 bridgehead atoms. The van der Waals surface area contributed by atoms with Crippen LogP contribution in [0.15, 0.2) is 18.2 Å². The van der Waals surface area contributed by atoms with Crippen molar-refractivity contribution >= 4 is 5.97 Å². The quantitative estimate of drug-likeness (QED) is 0.849. The van der Waals surface area contributed by atoms with Gasteiger partial charge in [0, 0.05) is 6.42 Å². The number of phenols is 1. The van der Waals surface area contributed by atoms with Gasteiger partial charge in [-0.25, -0.2) is 0 Å². The molecular formula is C17H23NO3. The summed E-state index contributed by atoms with van der Waals surface area (Å²) in [5.74, 6) is 0.195. The minimum absolute atomic E-state index is 0.108. The number of aryl methyl sites for hydroxylation is 1. The second-order valence-corrected chi connectivity index (χ2v) is 6.20. The van der Waals surface area contributed by atoms with Crippen LogP contribution in [0.5, 0.6) is 5.75 Å². The van der Waals surface area contributed by atoms with Crippen molar-refractivity contribution in [1.29, 1.82) is 0 Å². The minimum atomic E-state index is -0.515. The molecule has 1 fully saturated rings. The van der Waals surface area contributed by atoms with Crippen LogP contribution in [0.3, 0.4) is 0 Å². The molecule has 1 aliphatic carbocycles. The zero-order chi connectivity index (χ0) is 14.9. The van der Waals surface area contributed by atoms with E-state index in [1.54, 1.807) is 6.07 Å². The van der Waals surface area contributed by atoms with Gasteiger partial charge in [-0.2, -0.15) is 0 Å². The van der Waals surface area contributed by atoms with Gasteiger partial charge in [0.15, 0.2) is 0 Å². The summed E-state index contributed by atoms with van der Waals surface area (Å²) in [4.78, 5) is 14.9. The predicted molar refractivity (Wildman–Crippen MR) is 80.3 cm³/mol. The van der Waals surface area contributed by atoms with Crippen LogP contribution >= 0.6 is 0 Å². The highest BCUT2D eigenvalue weighted by Crippen LogP contribution is 2.37. The van der Waals surface area contributed by atoms with E-state index in [-0.39, 0.29) is 5.97 Å². The second kappa shape index (κ2) is 5.68. The van der Waals surface area contributed by atoms with Crippen molar-refractivity contribution in [3.8, 4) is 5.75 Å². The molecule has 4 nitrogen and oxygen atoms in total. The zero-order valence-corrected chi connectivity index (χ0v) is 12.6. The first kappa shape index (κ1) is 14.4. The monoisotopic (exact) mass is 289 g/mol. The summed E-state index contributed by atoms with van der Waals surface area (Å²) in [5.41, 5.74) is 1.81. The lowest BCUT2D eigenvalue weighted by Gasteiger charge is -2.46. The number of rotatable bonds is 2. The van der Waals surface area contributed by atoms with Crippen LogP contribution in [-0.4, -0.2) is 41.7 Å². The normalized spacial score (nSPS) is 26.1. The third-order valence-electron chi connectivity index (χ3n) is 5.01. The fraction of sp³-hybridized carbons (Fsp3) is 0.588. The molecule has 2 aliphatic rings. The first-order valence-corrected chi connectivity index (χ1v) is 7.80. The van der Waals surface area contributed by atoms with Gasteiger partial charge in [0.25, 0.3) is 0 Å². The molecule has 1 aromatic rings. The van der Waals surface area contributed by atoms with Crippen molar-refractivity contribution in [2.75, 3.05) is 20.2 Å². The molecule has 1 aromatic carbocycles. The van der Waals surface area contributed by atoms with Gasteiger partial charge in [-0.05, 0) is 62.0 Å². The van der Waals surface area contributed by atoms with Crippen molar-refractivity contribution in [2.45, 2.75) is 44.1 Å². The Morgan fingerprint density at radius 1 is 1.24 bits per heavy atom. The van der Waals surface area contributed by atoms with E-state index in [4.69, 9.17) is 4.74 Å². The summed E-state index contributed by atoms with van der Waals surface area (Å²) in [5, 5.41) is 9.62. The number of aromatic hydroxyl groups is 1. The Hall–Kier alpha value is -1.55. The third kappa shape index (κ3) is 2.53. The molecule has 114 valence electrons. The molecule has 0 saturated carbocycles. The van der Waals surface area contributed by atoms with Gasteiger partial charge in [-0.1, -0.05) is 12.5 Å². The summed E-state index contributed by atoms with van der Waals surface area (Å²) in [6.07, 6.45) is 5.83. The predicted octanol–water partition coefficient (Wildman–Crippen LogP) is 2.28. The Morgan fingerprint density at radius 3 is 2.71 bits per heavy atom. The lowest BCUT2D eigenvalue weighted by Crippen LogP contribution is -2.59. The summed E-state index contributed by atoms with van der Waals surface area (Å²) < 4.78 is 5.16. The van der Waals surface area contributed by atoms with E-state index in [1.807, 2.05) is 12.1 Å². The largest absolute Gasteiger partial charge is 0.508 e. The van der Waals surface area contributed by atoms with Gasteiger partial charge in [0.05, 0.1) is 7.11 Å². The van der Waals surface area contributed by atoms with E-state index in [1.165, 1.54) is 13.5 Å². The molecule has 1 heterocycles. The van der Waals surface area contributed by atoms with Gasteiger partial charge in [-0.3, -0.25) is 9.69 Å². The molecular weight excluding hydrogens is 266 g/mol. The van der Waals surface area contributed by atoms with E-state index in [9.17, 15) is 9.90 Å². The topological polar surface area (TPSA) is 49.8 Å². The Morgan fingerprint density at radius 2 is 2.00 bits per heavy atom. The summed E-state index contributed by atoms with van der Waals surface area (Å²) in [6, 6.07) is 5.49. The van der Waals surface area contributed by atoms with Gasteiger partial charge in [-0.15, -0.1) is 0 Å². The lowest BCUT2D eigenvalue weighted by molar-refractivity contribution is -0.157. The average molecular weight is 289 g/mol. The Balaban J connectivity index is 1.94. The Kier molecular flexibility index (Phi) is 3.89. The number of phenolic OH excluding ortho intramolecular Hbond substituents is 1. The van der Waals surface area contributed by atoms with E-state index in [0.29, 0.717) is 12.2 Å². The number of carbonyl (C=O) groups excluding carboxylic acids is 1. The number of nitrogens with zero attached hydrogens (tertiary/aromatic N) is 1. The molecule has 1 unspecified atom stereocenters. The van der Waals surface area contributed by atoms with Gasteiger partial charge in [0.2, 0.25) is 0 Å². The Labute approximate surface area is 125 Å². The molecule has 0 radical (unpaired) electrons. The number of hydrogen-bond acceptors (Lipinski definition) is 4. The van der Waals surface area contributed by atoms with Crippen LogP contribution in [0.4, 0.5) is 0 Å². The number of fused-ring (bicyclic) bond motifs is 1. The Bertz CT molecular complexity index is 537. The minimum Gasteiger partial charge on any atom is -0.508 e. The van der Waals surface area contributed by atoms with Crippen molar-refractivity contribution in [3.63, 3.8) is 0 Å². The van der Waals surface area contributed by atoms with E-state index in [0.717, 1.165) is 49.9 Å². The highest BCUT2D eigenvalue weighted by Gasteiger charge is 2.47. The molecule has 0 spiro atoms. The maximum atomic E-state index is 12.6. The van der Waals surface area contributed by atoms with Crippen LogP contribution in [-0.2, 0) is 22.4 Å². The molecule has 1 saturated heterocycles. The van der Waals surface area contributed by atoms with Crippen LogP contribution in [0.25, 0.3) is 0 Å². The highest BCUT2D eigenvalue weighted by atomic mass is 16.5. The lowest BCUT2D eigenvalue weighted by atomic mass is 9.76. The number of hydrogen-bond donors (Lipinski definition) is 1. The van der Waals surface area contributed by atoms with E-state index < -0.39 is 5.54 Å². The number of carbonyl (C=O) groups is 1. The molecule has 21 heavy (non-hydrogen) atoms. The van der Waals surface area contributed by atoms with Crippen molar-refractivity contribution in [2.24, 2.45) is 0 Å². The smallest absolute Gasteiger partial charge is 0.326 e. The summed E-state index contributed by atoms with van der Waals surface area (Å²) in [6.45, 7) is 1.95. The molecule has 0 aromatic heterocycles. The van der Waals surface area contributed by atoms with Gasteiger partial charge >= 0.3 is 5.97 Å².